The number of aromatic nitrogens is 3. The molecule has 2 N–H and O–H groups in total. The van der Waals surface area contributed by atoms with Crippen molar-refractivity contribution in [3.63, 3.8) is 0 Å². The van der Waals surface area contributed by atoms with E-state index in [-0.39, 0.29) is 17.8 Å². The van der Waals surface area contributed by atoms with Gasteiger partial charge in [0.15, 0.2) is 0 Å². The van der Waals surface area contributed by atoms with E-state index in [1.807, 2.05) is 0 Å². The molecule has 1 saturated heterocycles. The first-order valence-electron chi connectivity index (χ1n) is 9.26. The number of hydrogen-bond donors (Lipinski definition) is 2. The Morgan fingerprint density at radius 1 is 1.41 bits per heavy atom. The van der Waals surface area contributed by atoms with Crippen molar-refractivity contribution in [2.45, 2.75) is 25.8 Å². The predicted molar refractivity (Wildman–Crippen MR) is 102 cm³/mol. The van der Waals surface area contributed by atoms with E-state index in [9.17, 15) is 9.18 Å². The van der Waals surface area contributed by atoms with Gasteiger partial charge in [0.1, 0.15) is 5.82 Å². The highest BCUT2D eigenvalue weighted by molar-refractivity contribution is 6.07. The van der Waals surface area contributed by atoms with E-state index in [0.717, 1.165) is 38.0 Å². The van der Waals surface area contributed by atoms with Gasteiger partial charge in [-0.25, -0.2) is 9.37 Å². The number of nitrogens with zero attached hydrogens (tertiary/aromatic N) is 3. The molecule has 2 aromatic heterocycles. The summed E-state index contributed by atoms with van der Waals surface area (Å²) in [4.78, 5) is 19.9. The molecule has 6 nitrogen and oxygen atoms in total. The number of nitrogens with one attached hydrogen (secondary N) is 2. The Morgan fingerprint density at radius 2 is 2.30 bits per heavy atom. The molecular formula is C20H22FN5O. The second-order valence-electron chi connectivity index (χ2n) is 6.91. The standard InChI is InChI=1S/C20H22FN5O/c1-2-26-7-3-4-15(12-26)24-20(27)17-9-18(13-10-22-23-11-13)25-19-8-14(21)5-6-16(17)19/h5-6,8-11,15H,2-4,7,12H2,1H3,(H,22,23)(H,24,27). The summed E-state index contributed by atoms with van der Waals surface area (Å²) in [7, 11) is 0. The van der Waals surface area contributed by atoms with Crippen LogP contribution in [0.25, 0.3) is 22.2 Å². The molecule has 0 aliphatic carbocycles. The Labute approximate surface area is 156 Å². The van der Waals surface area contributed by atoms with E-state index < -0.39 is 0 Å². The summed E-state index contributed by atoms with van der Waals surface area (Å²) in [5.74, 6) is -0.529. The molecule has 0 saturated carbocycles. The molecule has 7 heteroatoms. The number of likely N-dealkylation sites (N-methyl/N-ethyl adjacent to an activating group) is 1. The highest BCUT2D eigenvalue weighted by atomic mass is 19.1. The summed E-state index contributed by atoms with van der Waals surface area (Å²) in [6, 6.07) is 6.20. The lowest BCUT2D eigenvalue weighted by atomic mass is 10.0. The van der Waals surface area contributed by atoms with Gasteiger partial charge >= 0.3 is 0 Å². The van der Waals surface area contributed by atoms with E-state index in [0.29, 0.717) is 22.2 Å². The quantitative estimate of drug-likeness (QED) is 0.743. The molecule has 0 spiro atoms. The zero-order valence-electron chi connectivity index (χ0n) is 15.2. The van der Waals surface area contributed by atoms with Crippen molar-refractivity contribution in [3.05, 3.63) is 48.0 Å². The van der Waals surface area contributed by atoms with Crippen molar-refractivity contribution in [2.75, 3.05) is 19.6 Å². The molecule has 1 atom stereocenters. The van der Waals surface area contributed by atoms with E-state index in [2.05, 4.69) is 32.3 Å². The third kappa shape index (κ3) is 3.68. The van der Waals surface area contributed by atoms with E-state index in [4.69, 9.17) is 0 Å². The number of halogens is 1. The fourth-order valence-corrected chi connectivity index (χ4v) is 3.65. The zero-order chi connectivity index (χ0) is 18.8. The van der Waals surface area contributed by atoms with Crippen LogP contribution in [-0.4, -0.2) is 51.7 Å². The number of hydrogen-bond acceptors (Lipinski definition) is 4. The lowest BCUT2D eigenvalue weighted by Gasteiger charge is -2.32. The number of carbonyl (C=O) groups excluding carboxylic acids is 1. The zero-order valence-corrected chi connectivity index (χ0v) is 15.2. The van der Waals surface area contributed by atoms with Crippen LogP contribution in [0.5, 0.6) is 0 Å². The Hall–Kier alpha value is -2.80. The van der Waals surface area contributed by atoms with Crippen LogP contribution in [0, 0.1) is 5.82 Å². The maximum atomic E-state index is 13.7. The minimum atomic E-state index is -0.378. The molecule has 1 unspecified atom stereocenters. The van der Waals surface area contributed by atoms with Crippen LogP contribution >= 0.6 is 0 Å². The minimum absolute atomic E-state index is 0.118. The summed E-state index contributed by atoms with van der Waals surface area (Å²) in [5, 5.41) is 10.5. The molecule has 3 heterocycles. The molecule has 27 heavy (non-hydrogen) atoms. The number of amides is 1. The largest absolute Gasteiger partial charge is 0.348 e. The molecule has 1 aliphatic heterocycles. The molecule has 0 radical (unpaired) electrons. The summed E-state index contributed by atoms with van der Waals surface area (Å²) in [5.41, 5.74) is 2.30. The number of benzene rings is 1. The van der Waals surface area contributed by atoms with Crippen LogP contribution in [0.15, 0.2) is 36.7 Å². The Balaban J connectivity index is 1.70. The highest BCUT2D eigenvalue weighted by Crippen LogP contribution is 2.25. The topological polar surface area (TPSA) is 73.9 Å². The van der Waals surface area contributed by atoms with Crippen molar-refractivity contribution < 1.29 is 9.18 Å². The van der Waals surface area contributed by atoms with Gasteiger partial charge < -0.3 is 10.2 Å². The maximum Gasteiger partial charge on any atom is 0.252 e. The fourth-order valence-electron chi connectivity index (χ4n) is 3.65. The SMILES string of the molecule is CCN1CCCC(NC(=O)c2cc(-c3cn[nH]c3)nc3cc(F)ccc23)C1. The van der Waals surface area contributed by atoms with Crippen molar-refractivity contribution in [1.82, 2.24) is 25.4 Å². The summed E-state index contributed by atoms with van der Waals surface area (Å²) < 4.78 is 13.7. The molecule has 1 aliphatic rings. The van der Waals surface area contributed by atoms with Gasteiger partial charge in [0, 0.05) is 35.8 Å². The van der Waals surface area contributed by atoms with E-state index in [1.165, 1.54) is 12.1 Å². The van der Waals surface area contributed by atoms with Crippen LogP contribution in [0.4, 0.5) is 4.39 Å². The van der Waals surface area contributed by atoms with E-state index >= 15 is 0 Å². The monoisotopic (exact) mass is 367 g/mol. The van der Waals surface area contributed by atoms with Gasteiger partial charge in [-0.3, -0.25) is 9.89 Å². The third-order valence-electron chi connectivity index (χ3n) is 5.10. The highest BCUT2D eigenvalue weighted by Gasteiger charge is 2.22. The van der Waals surface area contributed by atoms with Crippen LogP contribution < -0.4 is 5.32 Å². The average molecular weight is 367 g/mol. The first-order chi connectivity index (χ1) is 13.1. The number of rotatable bonds is 4. The Morgan fingerprint density at radius 3 is 3.07 bits per heavy atom. The van der Waals surface area contributed by atoms with Crippen LogP contribution in [-0.2, 0) is 0 Å². The predicted octanol–water partition coefficient (Wildman–Crippen LogP) is 2.98. The molecule has 0 bridgehead atoms. The number of aromatic amines is 1. The lowest BCUT2D eigenvalue weighted by Crippen LogP contribution is -2.47. The number of piperidine rings is 1. The molecule has 1 aromatic carbocycles. The Bertz CT molecular complexity index is 956. The Kier molecular flexibility index (Phi) is 4.85. The molecule has 1 fully saturated rings. The summed E-state index contributed by atoms with van der Waals surface area (Å²) >= 11 is 0. The summed E-state index contributed by atoms with van der Waals surface area (Å²) in [6.45, 7) is 5.04. The van der Waals surface area contributed by atoms with Gasteiger partial charge in [-0.1, -0.05) is 6.92 Å². The molecule has 3 aromatic rings. The average Bonchev–Trinajstić information content (AvgIpc) is 3.21. The van der Waals surface area contributed by atoms with E-state index in [1.54, 1.807) is 24.5 Å². The summed E-state index contributed by atoms with van der Waals surface area (Å²) in [6.07, 6.45) is 5.38. The van der Waals surface area contributed by atoms with Crippen molar-refractivity contribution in [1.29, 1.82) is 0 Å². The van der Waals surface area contributed by atoms with Crippen LogP contribution in [0.3, 0.4) is 0 Å². The fraction of sp³-hybridized carbons (Fsp3) is 0.350. The first-order valence-corrected chi connectivity index (χ1v) is 9.26. The van der Waals surface area contributed by atoms with Gasteiger partial charge in [-0.15, -0.1) is 0 Å². The van der Waals surface area contributed by atoms with Crippen LogP contribution in [0.2, 0.25) is 0 Å². The molecular weight excluding hydrogens is 345 g/mol. The molecule has 1 amide bonds. The number of fused-ring (bicyclic) bond motifs is 1. The van der Waals surface area contributed by atoms with Gasteiger partial charge in [0.25, 0.3) is 5.91 Å². The number of likely N-dealkylation sites (tertiary alicyclic amines) is 1. The van der Waals surface area contributed by atoms with Gasteiger partial charge in [0.05, 0.1) is 23.0 Å². The van der Waals surface area contributed by atoms with Crippen LogP contribution in [0.1, 0.15) is 30.1 Å². The first kappa shape index (κ1) is 17.6. The lowest BCUT2D eigenvalue weighted by molar-refractivity contribution is 0.0907. The maximum absolute atomic E-state index is 13.7. The van der Waals surface area contributed by atoms with Crippen molar-refractivity contribution in [2.24, 2.45) is 0 Å². The second kappa shape index (κ2) is 7.44. The third-order valence-corrected chi connectivity index (χ3v) is 5.10. The van der Waals surface area contributed by atoms with Crippen molar-refractivity contribution >= 4 is 16.8 Å². The normalized spacial score (nSPS) is 17.9. The number of pyridine rings is 1. The van der Waals surface area contributed by atoms with Gasteiger partial charge in [-0.2, -0.15) is 5.10 Å². The number of H-pyrrole nitrogens is 1. The molecule has 140 valence electrons. The number of carbonyl (C=O) groups is 1. The minimum Gasteiger partial charge on any atom is -0.348 e. The second-order valence-corrected chi connectivity index (χ2v) is 6.91. The molecule has 4 rings (SSSR count). The van der Waals surface area contributed by atoms with Gasteiger partial charge in [-0.05, 0) is 44.1 Å². The van der Waals surface area contributed by atoms with Crippen molar-refractivity contribution in [3.8, 4) is 11.3 Å². The van der Waals surface area contributed by atoms with Gasteiger partial charge in [0.2, 0.25) is 0 Å². The smallest absolute Gasteiger partial charge is 0.252 e.